The van der Waals surface area contributed by atoms with Crippen LogP contribution in [0.5, 0.6) is 11.5 Å². The molecule has 1 atom stereocenters. The van der Waals surface area contributed by atoms with Crippen molar-refractivity contribution in [2.24, 2.45) is 0 Å². The number of aromatic nitrogens is 1. The Balaban J connectivity index is 0.903. The smallest absolute Gasteiger partial charge is 0.411 e. The van der Waals surface area contributed by atoms with Gasteiger partial charge in [-0.15, -0.1) is 0 Å². The third-order valence-electron chi connectivity index (χ3n) is 11.3. The van der Waals surface area contributed by atoms with Crippen LogP contribution in [0.15, 0.2) is 108 Å². The summed E-state index contributed by atoms with van der Waals surface area (Å²) in [4.78, 5) is 30.0. The first-order valence-corrected chi connectivity index (χ1v) is 23.1. The van der Waals surface area contributed by atoms with Crippen molar-refractivity contribution in [2.75, 3.05) is 44.6 Å². The van der Waals surface area contributed by atoms with Crippen LogP contribution in [-0.2, 0) is 15.6 Å². The van der Waals surface area contributed by atoms with Crippen molar-refractivity contribution in [3.63, 3.8) is 0 Å². The van der Waals surface area contributed by atoms with Crippen molar-refractivity contribution in [3.05, 3.63) is 125 Å². The summed E-state index contributed by atoms with van der Waals surface area (Å²) in [6.45, 7) is 15.9. The van der Waals surface area contributed by atoms with Gasteiger partial charge in [-0.2, -0.15) is 0 Å². The van der Waals surface area contributed by atoms with Gasteiger partial charge in [0.15, 0.2) is 8.32 Å². The number of fused-ring (bicyclic) bond motifs is 1. The number of phenols is 1. The van der Waals surface area contributed by atoms with Crippen molar-refractivity contribution in [1.29, 1.82) is 0 Å². The number of piperidine rings is 1. The van der Waals surface area contributed by atoms with E-state index in [4.69, 9.17) is 13.9 Å². The van der Waals surface area contributed by atoms with E-state index < -0.39 is 14.4 Å². The lowest BCUT2D eigenvalue weighted by Crippen LogP contribution is -2.43. The Morgan fingerprint density at radius 1 is 0.930 bits per heavy atom. The lowest BCUT2D eigenvalue weighted by Gasteiger charge is -2.39. The van der Waals surface area contributed by atoms with Crippen LogP contribution >= 0.6 is 0 Å². The van der Waals surface area contributed by atoms with Crippen molar-refractivity contribution in [3.8, 4) is 22.6 Å². The molecule has 4 N–H and O–H groups in total. The molecule has 1 saturated heterocycles. The van der Waals surface area contributed by atoms with E-state index in [9.17, 15) is 14.7 Å². The molecule has 1 fully saturated rings. The molecule has 2 heterocycles. The lowest BCUT2D eigenvalue weighted by atomic mass is 10.0. The average Bonchev–Trinajstić information content (AvgIpc) is 3.19. The number of rotatable bonds is 16. The largest absolute Gasteiger partial charge is 0.506 e. The molecule has 4 aromatic carbocycles. The lowest BCUT2D eigenvalue weighted by molar-refractivity contribution is 0.0575. The number of carbonyl (C=O) groups is 1. The van der Waals surface area contributed by atoms with Gasteiger partial charge in [0.05, 0.1) is 23.9 Å². The summed E-state index contributed by atoms with van der Waals surface area (Å²) in [5.74, 6) is 0.907. The molecule has 0 saturated carbocycles. The molecule has 0 aliphatic carbocycles. The number of para-hydroxylation sites is 1. The topological polar surface area (TPSA) is 125 Å². The van der Waals surface area contributed by atoms with Crippen molar-refractivity contribution in [1.82, 2.24) is 15.2 Å². The number of hydrogen-bond acceptors (Lipinski definition) is 8. The molecule has 1 aromatic heterocycles. The molecule has 1 aliphatic heterocycles. The van der Waals surface area contributed by atoms with Crippen LogP contribution in [0.25, 0.3) is 22.0 Å². The number of aromatic hydroxyl groups is 1. The van der Waals surface area contributed by atoms with E-state index in [1.807, 2.05) is 72.8 Å². The number of H-pyrrole nitrogens is 1. The minimum atomic E-state index is -2.16. The van der Waals surface area contributed by atoms with Crippen LogP contribution in [0.3, 0.4) is 0 Å². The third-order valence-corrected chi connectivity index (χ3v) is 15.8. The molecule has 0 radical (unpaired) electrons. The zero-order chi connectivity index (χ0) is 40.4. The van der Waals surface area contributed by atoms with Gasteiger partial charge < -0.3 is 34.2 Å². The van der Waals surface area contributed by atoms with Crippen LogP contribution in [0.2, 0.25) is 18.1 Å². The molecule has 11 heteroatoms. The van der Waals surface area contributed by atoms with E-state index in [0.29, 0.717) is 18.7 Å². The summed E-state index contributed by atoms with van der Waals surface area (Å²) in [5.41, 5.74) is 5.09. The zero-order valence-electron chi connectivity index (χ0n) is 34.0. The van der Waals surface area contributed by atoms with Crippen molar-refractivity contribution < 1.29 is 23.8 Å². The number of benzene rings is 4. The van der Waals surface area contributed by atoms with Crippen LogP contribution in [0, 0.1) is 0 Å². The third kappa shape index (κ3) is 11.3. The number of hydrogen-bond donors (Lipinski definition) is 4. The predicted molar refractivity (Wildman–Crippen MR) is 232 cm³/mol. The Kier molecular flexibility index (Phi) is 13.9. The predicted octanol–water partition coefficient (Wildman–Crippen LogP) is 9.28. The molecule has 0 bridgehead atoms. The van der Waals surface area contributed by atoms with Gasteiger partial charge in [0.2, 0.25) is 5.56 Å². The molecule has 1 amide bonds. The van der Waals surface area contributed by atoms with E-state index >= 15 is 0 Å². The number of amides is 1. The zero-order valence-corrected chi connectivity index (χ0v) is 35.0. The Morgan fingerprint density at radius 3 is 2.39 bits per heavy atom. The molecule has 1 unspecified atom stereocenters. The molecule has 10 nitrogen and oxygen atoms in total. The Hall–Kier alpha value is -4.94. The van der Waals surface area contributed by atoms with Crippen LogP contribution in [-0.4, -0.2) is 74.8 Å². The van der Waals surface area contributed by atoms with Crippen LogP contribution in [0.1, 0.15) is 57.3 Å². The van der Waals surface area contributed by atoms with E-state index in [0.717, 1.165) is 85.4 Å². The Labute approximate surface area is 337 Å². The number of aromatic amines is 1. The van der Waals surface area contributed by atoms with E-state index in [2.05, 4.69) is 66.5 Å². The van der Waals surface area contributed by atoms with Gasteiger partial charge in [-0.25, -0.2) is 4.79 Å². The number of ether oxygens (including phenoxy) is 2. The minimum Gasteiger partial charge on any atom is -0.506 e. The maximum Gasteiger partial charge on any atom is 0.411 e. The van der Waals surface area contributed by atoms with Gasteiger partial charge in [-0.3, -0.25) is 10.1 Å². The highest BCUT2D eigenvalue weighted by Crippen LogP contribution is 2.41. The maximum absolute atomic E-state index is 12.8. The van der Waals surface area contributed by atoms with E-state index in [-0.39, 0.29) is 28.6 Å². The van der Waals surface area contributed by atoms with E-state index in [1.165, 1.54) is 11.6 Å². The highest BCUT2D eigenvalue weighted by Gasteiger charge is 2.39. The van der Waals surface area contributed by atoms with E-state index in [1.54, 1.807) is 12.1 Å². The normalized spacial score (nSPS) is 14.7. The van der Waals surface area contributed by atoms with Crippen molar-refractivity contribution >= 4 is 31.0 Å². The quantitative estimate of drug-likeness (QED) is 0.0576. The number of nitrogens with one attached hydrogen (secondary N) is 3. The number of phenolic OH excluding ortho intramolecular Hbond substituents is 1. The standard InChI is InChI=1S/C46H58N4O6Si/c1-46(2,3)57(4,5)56-42(38-20-22-41(51)44-39(38)21-23-43(52)49-44)32-47-27-24-33-16-18-35(19-17-33)54-31-11-28-50-29-25-36(26-30-50)55-45(53)48-40-15-10-9-14-37(40)34-12-7-6-8-13-34/h6-10,12-23,36,42,47,51H,11,24-32H2,1-5H3,(H,48,53)(H,49,52). The summed E-state index contributed by atoms with van der Waals surface area (Å²) < 4.78 is 18.8. The molecular formula is C46H58N4O6Si. The Bertz CT molecular complexity index is 2130. The number of nitrogens with zero attached hydrogens (tertiary/aromatic N) is 1. The first kappa shape index (κ1) is 41.7. The van der Waals surface area contributed by atoms with Gasteiger partial charge in [-0.1, -0.05) is 87.5 Å². The fourth-order valence-corrected chi connectivity index (χ4v) is 8.26. The summed E-state index contributed by atoms with van der Waals surface area (Å²) in [6.07, 6.45) is 2.62. The minimum absolute atomic E-state index is 0.0152. The highest BCUT2D eigenvalue weighted by molar-refractivity contribution is 6.74. The number of likely N-dealkylation sites (tertiary alicyclic amines) is 1. The molecule has 6 rings (SSSR count). The number of carbonyl (C=O) groups excluding carboxylic acids is 1. The molecule has 0 spiro atoms. The highest BCUT2D eigenvalue weighted by atomic mass is 28.4. The Morgan fingerprint density at radius 2 is 1.65 bits per heavy atom. The molecule has 1 aliphatic rings. The first-order chi connectivity index (χ1) is 27.4. The second kappa shape index (κ2) is 19.0. The molecule has 5 aromatic rings. The summed E-state index contributed by atoms with van der Waals surface area (Å²) in [7, 11) is -2.16. The second-order valence-corrected chi connectivity index (χ2v) is 21.2. The second-order valence-electron chi connectivity index (χ2n) is 16.4. The van der Waals surface area contributed by atoms with Crippen LogP contribution < -0.4 is 20.9 Å². The first-order valence-electron chi connectivity index (χ1n) is 20.2. The number of pyridine rings is 1. The maximum atomic E-state index is 12.8. The van der Waals surface area contributed by atoms with Gasteiger partial charge in [0, 0.05) is 43.2 Å². The molecule has 57 heavy (non-hydrogen) atoms. The fourth-order valence-electron chi connectivity index (χ4n) is 6.99. The van der Waals surface area contributed by atoms with Gasteiger partial charge in [0.1, 0.15) is 17.6 Å². The van der Waals surface area contributed by atoms with Gasteiger partial charge >= 0.3 is 6.09 Å². The SMILES string of the molecule is CC(C)(C)[Si](C)(C)OC(CNCCc1ccc(OCCCN2CCC(OC(=O)Nc3ccccc3-c3ccccc3)CC2)cc1)c1ccc(O)c2[nH]c(=O)ccc12. The fraction of sp³-hybridized carbons (Fsp3) is 0.391. The number of anilines is 1. The van der Waals surface area contributed by atoms with Gasteiger partial charge in [0.25, 0.3) is 0 Å². The molecule has 302 valence electrons. The van der Waals surface area contributed by atoms with Gasteiger partial charge in [-0.05, 0) is 97.4 Å². The van der Waals surface area contributed by atoms with Crippen LogP contribution in [0.4, 0.5) is 10.5 Å². The van der Waals surface area contributed by atoms with Crippen molar-refractivity contribution in [2.45, 2.75) is 76.8 Å². The average molecular weight is 791 g/mol. The monoisotopic (exact) mass is 790 g/mol. The summed E-state index contributed by atoms with van der Waals surface area (Å²) in [5, 5.41) is 17.9. The summed E-state index contributed by atoms with van der Waals surface area (Å²) in [6, 6.07) is 32.9. The summed E-state index contributed by atoms with van der Waals surface area (Å²) >= 11 is 0. The molecular weight excluding hydrogens is 733 g/mol.